The lowest BCUT2D eigenvalue weighted by Gasteiger charge is -2.32. The van der Waals surface area contributed by atoms with Crippen molar-refractivity contribution in [3.8, 4) is 0 Å². The summed E-state index contributed by atoms with van der Waals surface area (Å²) in [5, 5.41) is 12.5. The zero-order valence-corrected chi connectivity index (χ0v) is 17.5. The predicted octanol–water partition coefficient (Wildman–Crippen LogP) is 3.65. The van der Waals surface area contributed by atoms with Gasteiger partial charge in [-0.25, -0.2) is 4.98 Å². The molecule has 0 spiro atoms. The van der Waals surface area contributed by atoms with Crippen LogP contribution in [-0.4, -0.2) is 42.5 Å². The topological polar surface area (TPSA) is 52.6 Å². The molecule has 142 valence electrons. The number of thiazole rings is 1. The summed E-state index contributed by atoms with van der Waals surface area (Å²) in [5.41, 5.74) is 1.22. The summed E-state index contributed by atoms with van der Waals surface area (Å²) in [6.45, 7) is 8.54. The van der Waals surface area contributed by atoms with E-state index in [1.165, 1.54) is 23.4 Å². The largest absolute Gasteiger partial charge is 0.356 e. The van der Waals surface area contributed by atoms with E-state index in [0.29, 0.717) is 5.92 Å². The summed E-state index contributed by atoms with van der Waals surface area (Å²) in [4.78, 5) is 12.8. The molecule has 1 saturated heterocycles. The molecule has 1 aliphatic rings. The third-order valence-corrected chi connectivity index (χ3v) is 6.74. The molecule has 5 nitrogen and oxygen atoms in total. The Hall–Kier alpha value is -1.44. The summed E-state index contributed by atoms with van der Waals surface area (Å²) in [6, 6.07) is 4.54. The van der Waals surface area contributed by atoms with E-state index in [0.717, 1.165) is 37.1 Å². The Balaban J connectivity index is 1.38. The molecular formula is C19H29N5S2. The fourth-order valence-corrected chi connectivity index (χ4v) is 4.65. The molecule has 0 amide bonds. The Kier molecular flexibility index (Phi) is 7.05. The lowest BCUT2D eigenvalue weighted by molar-refractivity contribution is 0.176. The van der Waals surface area contributed by atoms with Gasteiger partial charge in [0.05, 0.1) is 16.7 Å². The molecule has 0 aliphatic carbocycles. The Morgan fingerprint density at radius 1 is 1.38 bits per heavy atom. The predicted molar refractivity (Wildman–Crippen MR) is 112 cm³/mol. The lowest BCUT2D eigenvalue weighted by Crippen LogP contribution is -2.43. The van der Waals surface area contributed by atoms with Crippen molar-refractivity contribution in [3.05, 3.63) is 38.5 Å². The van der Waals surface area contributed by atoms with Crippen LogP contribution in [0.5, 0.6) is 0 Å². The van der Waals surface area contributed by atoms with Crippen molar-refractivity contribution < 1.29 is 0 Å². The molecule has 3 rings (SSSR count). The maximum atomic E-state index is 4.58. The number of guanidine groups is 1. The first-order valence-electron chi connectivity index (χ1n) is 9.28. The molecule has 7 heteroatoms. The van der Waals surface area contributed by atoms with Crippen LogP contribution in [0, 0.1) is 12.8 Å². The Labute approximate surface area is 164 Å². The SMILES string of the molecule is CN=C(NCC1CCN(Cc2csc(C)n2)CC1)NC(C)c1cccs1. The van der Waals surface area contributed by atoms with Crippen molar-refractivity contribution in [2.24, 2.45) is 10.9 Å². The van der Waals surface area contributed by atoms with Gasteiger partial charge in [-0.1, -0.05) is 6.07 Å². The molecule has 26 heavy (non-hydrogen) atoms. The van der Waals surface area contributed by atoms with Crippen LogP contribution in [0.25, 0.3) is 0 Å². The molecule has 1 atom stereocenters. The molecule has 2 aromatic rings. The Morgan fingerprint density at radius 3 is 2.81 bits per heavy atom. The standard InChI is InChI=1S/C19H29N5S2/c1-14(18-5-4-10-25-18)22-19(20-3)21-11-16-6-8-24(9-7-16)12-17-13-26-15(2)23-17/h4-5,10,13-14,16H,6-9,11-12H2,1-3H3,(H2,20,21,22). The molecule has 2 N–H and O–H groups in total. The number of nitrogens with one attached hydrogen (secondary N) is 2. The zero-order valence-electron chi connectivity index (χ0n) is 15.9. The van der Waals surface area contributed by atoms with Crippen molar-refractivity contribution in [2.45, 2.75) is 39.3 Å². The number of likely N-dealkylation sites (tertiary alicyclic amines) is 1. The summed E-state index contributed by atoms with van der Waals surface area (Å²) >= 11 is 3.52. The fraction of sp³-hybridized carbons (Fsp3) is 0.579. The first-order valence-corrected chi connectivity index (χ1v) is 11.0. The average molecular weight is 392 g/mol. The second-order valence-electron chi connectivity index (χ2n) is 6.91. The monoisotopic (exact) mass is 391 g/mol. The van der Waals surface area contributed by atoms with Gasteiger partial charge in [-0.3, -0.25) is 9.89 Å². The number of aliphatic imine (C=N–C) groups is 1. The second-order valence-corrected chi connectivity index (χ2v) is 8.95. The van der Waals surface area contributed by atoms with Gasteiger partial charge in [-0.2, -0.15) is 0 Å². The van der Waals surface area contributed by atoms with E-state index in [1.807, 2.05) is 7.05 Å². The van der Waals surface area contributed by atoms with Crippen molar-refractivity contribution in [3.63, 3.8) is 0 Å². The molecule has 0 bridgehead atoms. The quantitative estimate of drug-likeness (QED) is 0.583. The van der Waals surface area contributed by atoms with E-state index in [2.05, 4.69) is 62.3 Å². The van der Waals surface area contributed by atoms with Gasteiger partial charge in [0.25, 0.3) is 0 Å². The molecule has 0 aromatic carbocycles. The zero-order chi connectivity index (χ0) is 18.4. The van der Waals surface area contributed by atoms with Gasteiger partial charge in [0.1, 0.15) is 0 Å². The number of aromatic nitrogens is 1. The first kappa shape index (κ1) is 19.3. The third kappa shape index (κ3) is 5.53. The minimum atomic E-state index is 0.282. The molecule has 3 heterocycles. The molecule has 2 aromatic heterocycles. The van der Waals surface area contributed by atoms with Gasteiger partial charge in [-0.15, -0.1) is 22.7 Å². The van der Waals surface area contributed by atoms with Gasteiger partial charge >= 0.3 is 0 Å². The van der Waals surface area contributed by atoms with Crippen molar-refractivity contribution >= 4 is 28.6 Å². The number of piperidine rings is 1. The maximum absolute atomic E-state index is 4.58. The van der Waals surface area contributed by atoms with E-state index < -0.39 is 0 Å². The normalized spacial score (nSPS) is 18.0. The minimum Gasteiger partial charge on any atom is -0.356 e. The second kappa shape index (κ2) is 9.48. The van der Waals surface area contributed by atoms with Crippen LogP contribution in [0.1, 0.15) is 41.4 Å². The highest BCUT2D eigenvalue weighted by molar-refractivity contribution is 7.10. The molecular weight excluding hydrogens is 362 g/mol. The molecule has 0 radical (unpaired) electrons. The fourth-order valence-electron chi connectivity index (χ4n) is 3.31. The van der Waals surface area contributed by atoms with Gasteiger partial charge < -0.3 is 10.6 Å². The molecule has 1 aliphatic heterocycles. The van der Waals surface area contributed by atoms with Gasteiger partial charge in [0.2, 0.25) is 0 Å². The van der Waals surface area contributed by atoms with Crippen LogP contribution in [-0.2, 0) is 6.54 Å². The van der Waals surface area contributed by atoms with Crippen LogP contribution in [0.2, 0.25) is 0 Å². The van der Waals surface area contributed by atoms with E-state index in [4.69, 9.17) is 0 Å². The van der Waals surface area contributed by atoms with E-state index in [9.17, 15) is 0 Å². The van der Waals surface area contributed by atoms with Gasteiger partial charge in [0, 0.05) is 30.4 Å². The highest BCUT2D eigenvalue weighted by Crippen LogP contribution is 2.20. The first-order chi connectivity index (χ1) is 12.6. The van der Waals surface area contributed by atoms with Crippen LogP contribution >= 0.6 is 22.7 Å². The summed E-state index contributed by atoms with van der Waals surface area (Å²) in [7, 11) is 1.84. The average Bonchev–Trinajstić information content (AvgIpc) is 3.31. The number of rotatable bonds is 6. The van der Waals surface area contributed by atoms with Gasteiger partial charge in [-0.05, 0) is 57.1 Å². The highest BCUT2D eigenvalue weighted by Gasteiger charge is 2.20. The summed E-state index contributed by atoms with van der Waals surface area (Å²) in [6.07, 6.45) is 2.46. The number of aryl methyl sites for hydroxylation is 1. The Bertz CT molecular complexity index is 687. The van der Waals surface area contributed by atoms with Crippen LogP contribution in [0.4, 0.5) is 0 Å². The molecule has 1 fully saturated rings. The smallest absolute Gasteiger partial charge is 0.191 e. The van der Waals surface area contributed by atoms with Crippen LogP contribution < -0.4 is 10.6 Å². The maximum Gasteiger partial charge on any atom is 0.191 e. The van der Waals surface area contributed by atoms with E-state index in [1.54, 1.807) is 22.7 Å². The van der Waals surface area contributed by atoms with Crippen LogP contribution in [0.3, 0.4) is 0 Å². The van der Waals surface area contributed by atoms with Crippen molar-refractivity contribution in [2.75, 3.05) is 26.7 Å². The van der Waals surface area contributed by atoms with Crippen molar-refractivity contribution in [1.82, 2.24) is 20.5 Å². The number of nitrogens with zero attached hydrogens (tertiary/aromatic N) is 3. The van der Waals surface area contributed by atoms with Crippen LogP contribution in [0.15, 0.2) is 27.9 Å². The number of thiophene rings is 1. The Morgan fingerprint density at radius 2 is 2.19 bits per heavy atom. The highest BCUT2D eigenvalue weighted by atomic mass is 32.1. The van der Waals surface area contributed by atoms with Crippen molar-refractivity contribution in [1.29, 1.82) is 0 Å². The third-order valence-electron chi connectivity index (χ3n) is 4.86. The minimum absolute atomic E-state index is 0.282. The van der Waals surface area contributed by atoms with E-state index >= 15 is 0 Å². The number of hydrogen-bond acceptors (Lipinski definition) is 5. The molecule has 1 unspecified atom stereocenters. The molecule has 0 saturated carbocycles. The summed E-state index contributed by atoms with van der Waals surface area (Å²) in [5.74, 6) is 1.60. The van der Waals surface area contributed by atoms with Gasteiger partial charge in [0.15, 0.2) is 5.96 Å². The summed E-state index contributed by atoms with van der Waals surface area (Å²) < 4.78 is 0. The van der Waals surface area contributed by atoms with E-state index in [-0.39, 0.29) is 6.04 Å². The lowest BCUT2D eigenvalue weighted by atomic mass is 9.97. The number of hydrogen-bond donors (Lipinski definition) is 2.